The first-order valence-corrected chi connectivity index (χ1v) is 10.5. The second-order valence-electron chi connectivity index (χ2n) is 10.4. The molecule has 4 fully saturated rings. The van der Waals surface area contributed by atoms with Crippen LogP contribution in [0.1, 0.15) is 92.9 Å². The zero-order valence-electron chi connectivity index (χ0n) is 16.8. The van der Waals surface area contributed by atoms with Gasteiger partial charge in [-0.3, -0.25) is 0 Å². The molecule has 2 saturated carbocycles. The molecule has 0 aromatic heterocycles. The third-order valence-corrected chi connectivity index (χ3v) is 9.38. The maximum atomic E-state index is 6.88. The second kappa shape index (κ2) is 5.22. The van der Waals surface area contributed by atoms with E-state index in [1.54, 1.807) is 0 Å². The molecule has 0 aromatic rings. The van der Waals surface area contributed by atoms with Gasteiger partial charge in [-0.15, -0.1) is 0 Å². The SMILES string of the molecule is CCC12CCC(C)C(CC34CCC(C)C(C)(C3)OC4C)(C1)OC2C. The lowest BCUT2D eigenvalue weighted by Gasteiger charge is -2.49. The van der Waals surface area contributed by atoms with Crippen LogP contribution in [0.4, 0.5) is 0 Å². The standard InChI is InChI=1S/C22H38O2/c1-7-20-10-9-16(3)22(13-20,24-17(20)4)14-21-11-8-15(2)19(6,12-21)23-18(21)5/h15-18H,7-14H2,1-6H3. The molecule has 8 atom stereocenters. The predicted molar refractivity (Wildman–Crippen MR) is 98.0 cm³/mol. The zero-order chi connectivity index (χ0) is 17.4. The fourth-order valence-corrected chi connectivity index (χ4v) is 7.17. The van der Waals surface area contributed by atoms with E-state index in [1.165, 1.54) is 51.4 Å². The van der Waals surface area contributed by atoms with Crippen LogP contribution in [0.2, 0.25) is 0 Å². The van der Waals surface area contributed by atoms with E-state index in [1.807, 2.05) is 0 Å². The van der Waals surface area contributed by atoms with Crippen LogP contribution in [0.3, 0.4) is 0 Å². The Morgan fingerprint density at radius 2 is 1.46 bits per heavy atom. The number of rotatable bonds is 3. The first-order chi connectivity index (χ1) is 11.2. The summed E-state index contributed by atoms with van der Waals surface area (Å²) in [7, 11) is 0. The third-order valence-electron chi connectivity index (χ3n) is 9.38. The molecule has 2 saturated heterocycles. The second-order valence-corrected chi connectivity index (χ2v) is 10.4. The molecule has 2 heteroatoms. The molecule has 2 aliphatic carbocycles. The first kappa shape index (κ1) is 17.3. The Kier molecular flexibility index (Phi) is 3.77. The molecule has 0 radical (unpaired) electrons. The highest BCUT2D eigenvalue weighted by Gasteiger charge is 2.64. The molecular weight excluding hydrogens is 296 g/mol. The van der Waals surface area contributed by atoms with E-state index in [0.29, 0.717) is 34.9 Å². The molecule has 4 bridgehead atoms. The van der Waals surface area contributed by atoms with Crippen molar-refractivity contribution in [3.63, 3.8) is 0 Å². The van der Waals surface area contributed by atoms with Gasteiger partial charge in [0, 0.05) is 5.41 Å². The van der Waals surface area contributed by atoms with Crippen molar-refractivity contribution in [3.05, 3.63) is 0 Å². The Labute approximate surface area is 149 Å². The minimum absolute atomic E-state index is 0.0955. The van der Waals surface area contributed by atoms with E-state index in [2.05, 4.69) is 41.5 Å². The van der Waals surface area contributed by atoms with Crippen molar-refractivity contribution in [2.75, 3.05) is 0 Å². The molecule has 0 amide bonds. The fourth-order valence-electron chi connectivity index (χ4n) is 7.17. The lowest BCUT2D eigenvalue weighted by molar-refractivity contribution is -0.107. The van der Waals surface area contributed by atoms with Gasteiger partial charge in [0.1, 0.15) is 0 Å². The Morgan fingerprint density at radius 1 is 0.833 bits per heavy atom. The van der Waals surface area contributed by atoms with Crippen molar-refractivity contribution in [2.45, 2.75) is 116 Å². The molecule has 138 valence electrons. The van der Waals surface area contributed by atoms with E-state index >= 15 is 0 Å². The largest absolute Gasteiger partial charge is 0.371 e. The molecule has 0 spiro atoms. The van der Waals surface area contributed by atoms with E-state index in [-0.39, 0.29) is 11.2 Å². The highest BCUT2D eigenvalue weighted by atomic mass is 16.5. The maximum absolute atomic E-state index is 6.88. The Balaban J connectivity index is 1.65. The lowest BCUT2D eigenvalue weighted by atomic mass is 9.55. The summed E-state index contributed by atoms with van der Waals surface area (Å²) < 4.78 is 13.5. The van der Waals surface area contributed by atoms with Gasteiger partial charge in [0.25, 0.3) is 0 Å². The Hall–Kier alpha value is -0.0800. The van der Waals surface area contributed by atoms with E-state index in [4.69, 9.17) is 9.47 Å². The molecule has 2 heterocycles. The smallest absolute Gasteiger partial charge is 0.0724 e. The van der Waals surface area contributed by atoms with Gasteiger partial charge in [-0.1, -0.05) is 20.8 Å². The van der Waals surface area contributed by atoms with Crippen molar-refractivity contribution in [1.82, 2.24) is 0 Å². The predicted octanol–water partition coefficient (Wildman–Crippen LogP) is 5.73. The lowest BCUT2D eigenvalue weighted by Crippen LogP contribution is -2.48. The van der Waals surface area contributed by atoms with Gasteiger partial charge in [-0.25, -0.2) is 0 Å². The topological polar surface area (TPSA) is 18.5 Å². The number of hydrogen-bond donors (Lipinski definition) is 0. The van der Waals surface area contributed by atoms with Crippen LogP contribution in [-0.4, -0.2) is 23.4 Å². The molecule has 24 heavy (non-hydrogen) atoms. The molecule has 0 aromatic carbocycles. The Morgan fingerprint density at radius 3 is 2.17 bits per heavy atom. The van der Waals surface area contributed by atoms with E-state index in [0.717, 1.165) is 0 Å². The van der Waals surface area contributed by atoms with Gasteiger partial charge in [0.2, 0.25) is 0 Å². The summed E-state index contributed by atoms with van der Waals surface area (Å²) in [6, 6.07) is 0. The molecular formula is C22H38O2. The third kappa shape index (κ3) is 2.14. The minimum Gasteiger partial charge on any atom is -0.371 e. The molecule has 8 unspecified atom stereocenters. The van der Waals surface area contributed by atoms with Crippen LogP contribution >= 0.6 is 0 Å². The average molecular weight is 335 g/mol. The monoisotopic (exact) mass is 334 g/mol. The van der Waals surface area contributed by atoms with Crippen molar-refractivity contribution < 1.29 is 9.47 Å². The first-order valence-electron chi connectivity index (χ1n) is 10.5. The summed E-state index contributed by atoms with van der Waals surface area (Å²) in [6.07, 6.45) is 11.2. The summed E-state index contributed by atoms with van der Waals surface area (Å²) in [5.74, 6) is 1.38. The zero-order valence-corrected chi connectivity index (χ0v) is 16.8. The van der Waals surface area contributed by atoms with Crippen LogP contribution in [0, 0.1) is 22.7 Å². The summed E-state index contributed by atoms with van der Waals surface area (Å²) in [6.45, 7) is 14.3. The minimum atomic E-state index is 0.0955. The van der Waals surface area contributed by atoms with Crippen molar-refractivity contribution in [3.8, 4) is 0 Å². The molecule has 2 aliphatic heterocycles. The van der Waals surface area contributed by atoms with Gasteiger partial charge in [0.05, 0.1) is 23.4 Å². The van der Waals surface area contributed by atoms with Crippen LogP contribution < -0.4 is 0 Å². The number of fused-ring (bicyclic) bond motifs is 4. The van der Waals surface area contributed by atoms with Gasteiger partial charge >= 0.3 is 0 Å². The Bertz CT molecular complexity index is 518. The molecule has 4 aliphatic rings. The van der Waals surface area contributed by atoms with Crippen LogP contribution in [-0.2, 0) is 9.47 Å². The summed E-state index contributed by atoms with van der Waals surface area (Å²) in [5.41, 5.74) is 0.989. The molecule has 4 rings (SSSR count). The van der Waals surface area contributed by atoms with Crippen LogP contribution in [0.5, 0.6) is 0 Å². The van der Waals surface area contributed by atoms with Gasteiger partial charge in [-0.2, -0.15) is 0 Å². The van der Waals surface area contributed by atoms with Crippen LogP contribution in [0.15, 0.2) is 0 Å². The summed E-state index contributed by atoms with van der Waals surface area (Å²) in [4.78, 5) is 0. The highest BCUT2D eigenvalue weighted by Crippen LogP contribution is 2.65. The number of ether oxygens (including phenoxy) is 2. The van der Waals surface area contributed by atoms with Crippen molar-refractivity contribution in [2.24, 2.45) is 22.7 Å². The van der Waals surface area contributed by atoms with Crippen LogP contribution in [0.25, 0.3) is 0 Å². The quantitative estimate of drug-likeness (QED) is 0.656. The number of hydrogen-bond acceptors (Lipinski definition) is 2. The fraction of sp³-hybridized carbons (Fsp3) is 1.00. The highest BCUT2D eigenvalue weighted by molar-refractivity contribution is 5.14. The maximum Gasteiger partial charge on any atom is 0.0724 e. The normalized spacial score (nSPS) is 59.8. The van der Waals surface area contributed by atoms with E-state index < -0.39 is 0 Å². The van der Waals surface area contributed by atoms with Gasteiger partial charge in [0.15, 0.2) is 0 Å². The molecule has 0 N–H and O–H groups in total. The summed E-state index contributed by atoms with van der Waals surface area (Å²) in [5, 5.41) is 0. The summed E-state index contributed by atoms with van der Waals surface area (Å²) >= 11 is 0. The average Bonchev–Trinajstić information content (AvgIpc) is 2.89. The van der Waals surface area contributed by atoms with Gasteiger partial charge < -0.3 is 9.47 Å². The van der Waals surface area contributed by atoms with Crippen molar-refractivity contribution in [1.29, 1.82) is 0 Å². The van der Waals surface area contributed by atoms with Gasteiger partial charge in [-0.05, 0) is 89.4 Å². The van der Waals surface area contributed by atoms with E-state index in [9.17, 15) is 0 Å². The van der Waals surface area contributed by atoms with Crippen molar-refractivity contribution >= 4 is 0 Å². The molecule has 2 nitrogen and oxygen atoms in total.